The van der Waals surface area contributed by atoms with Gasteiger partial charge in [-0.15, -0.1) is 0 Å². The van der Waals surface area contributed by atoms with E-state index in [1.165, 1.54) is 19.3 Å². The second kappa shape index (κ2) is 3.95. The molecule has 0 saturated heterocycles. The maximum absolute atomic E-state index is 6.34. The van der Waals surface area contributed by atoms with Crippen molar-refractivity contribution in [2.24, 2.45) is 5.73 Å². The third-order valence-corrected chi connectivity index (χ3v) is 3.26. The van der Waals surface area contributed by atoms with Gasteiger partial charge in [0.15, 0.2) is 4.73 Å². The first-order valence-corrected chi connectivity index (χ1v) is 5.78. The van der Waals surface area contributed by atoms with Crippen LogP contribution in [0.25, 0.3) is 0 Å². The lowest BCUT2D eigenvalue weighted by atomic mass is 9.80. The van der Waals surface area contributed by atoms with Gasteiger partial charge in [-0.1, -0.05) is 19.3 Å². The minimum Gasteiger partial charge on any atom is -0.320 e. The lowest BCUT2D eigenvalue weighted by Gasteiger charge is -2.32. The maximum Gasteiger partial charge on any atom is 0.196 e. The fraction of sp³-hybridized carbons (Fsp3) is 0.600. The molecule has 2 N–H and O–H groups in total. The fourth-order valence-electron chi connectivity index (χ4n) is 2.05. The van der Waals surface area contributed by atoms with E-state index in [1.807, 2.05) is 6.07 Å². The number of nitrogens with zero attached hydrogens (tertiary/aromatic N) is 2. The first kappa shape index (κ1) is 10.1. The predicted molar refractivity (Wildman–Crippen MR) is 58.7 cm³/mol. The Morgan fingerprint density at radius 2 is 2.00 bits per heavy atom. The normalized spacial score (nSPS) is 20.7. The van der Waals surface area contributed by atoms with E-state index in [0.29, 0.717) is 4.73 Å². The van der Waals surface area contributed by atoms with Crippen molar-refractivity contribution in [1.82, 2.24) is 9.97 Å². The molecule has 1 aromatic heterocycles. The molecule has 76 valence electrons. The van der Waals surface area contributed by atoms with Crippen LogP contribution in [0.1, 0.15) is 37.8 Å². The Hall–Kier alpha value is -0.480. The average molecular weight is 256 g/mol. The molecule has 0 bridgehead atoms. The Morgan fingerprint density at radius 1 is 1.29 bits per heavy atom. The molecule has 1 saturated carbocycles. The predicted octanol–water partition coefficient (Wildman–Crippen LogP) is 2.36. The summed E-state index contributed by atoms with van der Waals surface area (Å²) in [5, 5.41) is 0. The SMILES string of the molecule is NC1(c2ccnc(Br)n2)CCCCC1. The second-order valence-corrected chi connectivity index (χ2v) is 4.64. The zero-order valence-electron chi connectivity index (χ0n) is 8.04. The highest BCUT2D eigenvalue weighted by atomic mass is 79.9. The van der Waals surface area contributed by atoms with E-state index >= 15 is 0 Å². The molecule has 0 aromatic carbocycles. The molecular formula is C10H14BrN3. The maximum atomic E-state index is 6.34. The lowest BCUT2D eigenvalue weighted by Crippen LogP contribution is -2.39. The summed E-state index contributed by atoms with van der Waals surface area (Å²) >= 11 is 3.28. The topological polar surface area (TPSA) is 51.8 Å². The van der Waals surface area contributed by atoms with Crippen molar-refractivity contribution >= 4 is 15.9 Å². The second-order valence-electron chi connectivity index (χ2n) is 3.93. The van der Waals surface area contributed by atoms with Crippen LogP contribution in [-0.4, -0.2) is 9.97 Å². The molecule has 0 amide bonds. The highest BCUT2D eigenvalue weighted by molar-refractivity contribution is 9.10. The van der Waals surface area contributed by atoms with Crippen LogP contribution in [0.3, 0.4) is 0 Å². The average Bonchev–Trinajstić information content (AvgIpc) is 2.19. The summed E-state index contributed by atoms with van der Waals surface area (Å²) in [5.74, 6) is 0. The minimum absolute atomic E-state index is 0.219. The highest BCUT2D eigenvalue weighted by Gasteiger charge is 2.30. The van der Waals surface area contributed by atoms with Crippen LogP contribution < -0.4 is 5.73 Å². The number of aromatic nitrogens is 2. The van der Waals surface area contributed by atoms with E-state index < -0.39 is 0 Å². The summed E-state index contributed by atoms with van der Waals surface area (Å²) in [6.07, 6.45) is 7.55. The molecule has 1 fully saturated rings. The zero-order chi connectivity index (χ0) is 10.0. The van der Waals surface area contributed by atoms with E-state index in [1.54, 1.807) is 6.20 Å². The van der Waals surface area contributed by atoms with Crippen molar-refractivity contribution in [2.75, 3.05) is 0 Å². The van der Waals surface area contributed by atoms with Gasteiger partial charge in [0.05, 0.1) is 11.2 Å². The van der Waals surface area contributed by atoms with Gasteiger partial charge in [0, 0.05) is 6.20 Å². The van der Waals surface area contributed by atoms with E-state index in [-0.39, 0.29) is 5.54 Å². The summed E-state index contributed by atoms with van der Waals surface area (Å²) in [6.45, 7) is 0. The van der Waals surface area contributed by atoms with E-state index in [4.69, 9.17) is 5.73 Å². The van der Waals surface area contributed by atoms with Gasteiger partial charge in [-0.3, -0.25) is 0 Å². The van der Waals surface area contributed by atoms with Crippen molar-refractivity contribution in [3.05, 3.63) is 22.7 Å². The molecule has 1 aromatic rings. The number of nitrogens with two attached hydrogens (primary N) is 1. The van der Waals surface area contributed by atoms with Gasteiger partial charge in [-0.2, -0.15) is 0 Å². The van der Waals surface area contributed by atoms with Gasteiger partial charge in [0.1, 0.15) is 0 Å². The van der Waals surface area contributed by atoms with Crippen molar-refractivity contribution in [3.8, 4) is 0 Å². The van der Waals surface area contributed by atoms with Crippen LogP contribution in [-0.2, 0) is 5.54 Å². The molecule has 1 aliphatic carbocycles. The van der Waals surface area contributed by atoms with Gasteiger partial charge in [0.25, 0.3) is 0 Å². The molecule has 0 radical (unpaired) electrons. The summed E-state index contributed by atoms with van der Waals surface area (Å²) in [7, 11) is 0. The number of hydrogen-bond acceptors (Lipinski definition) is 3. The summed E-state index contributed by atoms with van der Waals surface area (Å²) in [4.78, 5) is 8.36. The molecule has 0 aliphatic heterocycles. The van der Waals surface area contributed by atoms with Crippen LogP contribution in [0.5, 0.6) is 0 Å². The van der Waals surface area contributed by atoms with Gasteiger partial charge < -0.3 is 5.73 Å². The summed E-state index contributed by atoms with van der Waals surface area (Å²) in [6, 6.07) is 1.93. The monoisotopic (exact) mass is 255 g/mol. The van der Waals surface area contributed by atoms with Gasteiger partial charge in [-0.05, 0) is 34.8 Å². The number of hydrogen-bond donors (Lipinski definition) is 1. The van der Waals surface area contributed by atoms with Crippen molar-refractivity contribution in [1.29, 1.82) is 0 Å². The van der Waals surface area contributed by atoms with Gasteiger partial charge in [-0.25, -0.2) is 9.97 Å². The molecule has 1 heterocycles. The molecule has 0 unspecified atom stereocenters. The highest BCUT2D eigenvalue weighted by Crippen LogP contribution is 2.33. The molecule has 4 heteroatoms. The van der Waals surface area contributed by atoms with Crippen LogP contribution >= 0.6 is 15.9 Å². The molecule has 0 atom stereocenters. The largest absolute Gasteiger partial charge is 0.320 e. The first-order chi connectivity index (χ1) is 6.71. The molecule has 1 aliphatic rings. The lowest BCUT2D eigenvalue weighted by molar-refractivity contribution is 0.294. The number of rotatable bonds is 1. The Bertz CT molecular complexity index is 321. The molecular weight excluding hydrogens is 242 g/mol. The summed E-state index contributed by atoms with van der Waals surface area (Å²) in [5.41, 5.74) is 7.09. The van der Waals surface area contributed by atoms with Crippen molar-refractivity contribution in [2.45, 2.75) is 37.6 Å². The Balaban J connectivity index is 2.28. The smallest absolute Gasteiger partial charge is 0.196 e. The number of halogens is 1. The molecule has 0 spiro atoms. The quantitative estimate of drug-likeness (QED) is 0.785. The molecule has 3 nitrogen and oxygen atoms in total. The minimum atomic E-state index is -0.219. The fourth-order valence-corrected chi connectivity index (χ4v) is 2.36. The van der Waals surface area contributed by atoms with Crippen LogP contribution in [0.2, 0.25) is 0 Å². The van der Waals surface area contributed by atoms with E-state index in [9.17, 15) is 0 Å². The van der Waals surface area contributed by atoms with E-state index in [2.05, 4.69) is 25.9 Å². The Kier molecular flexibility index (Phi) is 2.83. The molecule has 2 rings (SSSR count). The third kappa shape index (κ3) is 1.96. The van der Waals surface area contributed by atoms with Crippen LogP contribution in [0.15, 0.2) is 17.0 Å². The zero-order valence-corrected chi connectivity index (χ0v) is 9.63. The van der Waals surface area contributed by atoms with E-state index in [0.717, 1.165) is 18.5 Å². The summed E-state index contributed by atoms with van der Waals surface area (Å²) < 4.78 is 0.630. The molecule has 14 heavy (non-hydrogen) atoms. The third-order valence-electron chi connectivity index (χ3n) is 2.88. The first-order valence-electron chi connectivity index (χ1n) is 4.99. The Morgan fingerprint density at radius 3 is 2.64 bits per heavy atom. The standard InChI is InChI=1S/C10H14BrN3/c11-9-13-7-4-8(14-9)10(12)5-2-1-3-6-10/h4,7H,1-3,5-6,12H2. The van der Waals surface area contributed by atoms with Crippen molar-refractivity contribution in [3.63, 3.8) is 0 Å². The van der Waals surface area contributed by atoms with Gasteiger partial charge in [0.2, 0.25) is 0 Å². The van der Waals surface area contributed by atoms with Crippen LogP contribution in [0, 0.1) is 0 Å². The Labute approximate surface area is 92.3 Å². The van der Waals surface area contributed by atoms with Gasteiger partial charge >= 0.3 is 0 Å². The van der Waals surface area contributed by atoms with Crippen molar-refractivity contribution < 1.29 is 0 Å². The van der Waals surface area contributed by atoms with Crippen LogP contribution in [0.4, 0.5) is 0 Å².